The lowest BCUT2D eigenvalue weighted by Crippen LogP contribution is -2.10. The molecule has 0 unspecified atom stereocenters. The largest absolute Gasteiger partial charge is 0.351 e. The number of hydrazone groups is 1. The fraction of sp³-hybridized carbons (Fsp3) is 0.375. The predicted octanol–water partition coefficient (Wildman–Crippen LogP) is 3.74. The molecule has 7 heteroatoms. The number of rotatable bonds is 5. The van der Waals surface area contributed by atoms with Crippen molar-refractivity contribution in [3.63, 3.8) is 0 Å². The van der Waals surface area contributed by atoms with Crippen molar-refractivity contribution < 1.29 is 4.92 Å². The number of nitrogens with zero attached hydrogens (tertiary/aromatic N) is 4. The molecular weight excluding hydrogens is 294 g/mol. The Morgan fingerprint density at radius 1 is 1.35 bits per heavy atom. The Bertz CT molecular complexity index is 704. The van der Waals surface area contributed by atoms with E-state index in [1.165, 1.54) is 50.4 Å². The topological polar surface area (TPSA) is 85.3 Å². The maximum Gasteiger partial charge on any atom is 0.313 e. The third-order valence-corrected chi connectivity index (χ3v) is 4.10. The molecule has 2 heterocycles. The zero-order valence-electron chi connectivity index (χ0n) is 12.8. The standard InChI is InChI=1S/C16H19N5O2/c22-21(23)15-7-4-9-17-16(15)19-18-11-13-8-10-20(12-13)14-5-2-1-3-6-14/h4,7-12,14H,1-3,5-6H2,(H,17,19)/b18-11-. The molecule has 120 valence electrons. The fourth-order valence-corrected chi connectivity index (χ4v) is 2.91. The van der Waals surface area contributed by atoms with Crippen LogP contribution in [0.15, 0.2) is 41.9 Å². The Kier molecular flexibility index (Phi) is 4.65. The van der Waals surface area contributed by atoms with Gasteiger partial charge < -0.3 is 4.57 Å². The maximum atomic E-state index is 10.9. The number of anilines is 1. The summed E-state index contributed by atoms with van der Waals surface area (Å²) in [6.45, 7) is 0. The minimum absolute atomic E-state index is 0.0931. The van der Waals surface area contributed by atoms with Gasteiger partial charge in [-0.2, -0.15) is 5.10 Å². The Morgan fingerprint density at radius 3 is 2.96 bits per heavy atom. The van der Waals surface area contributed by atoms with Gasteiger partial charge in [0.25, 0.3) is 0 Å². The van der Waals surface area contributed by atoms with Crippen LogP contribution in [0.25, 0.3) is 0 Å². The van der Waals surface area contributed by atoms with Crippen molar-refractivity contribution in [3.05, 3.63) is 52.5 Å². The first-order valence-corrected chi connectivity index (χ1v) is 7.80. The average Bonchev–Trinajstić information content (AvgIpc) is 3.05. The van der Waals surface area contributed by atoms with Crippen molar-refractivity contribution >= 4 is 17.7 Å². The van der Waals surface area contributed by atoms with E-state index in [2.05, 4.69) is 32.5 Å². The third kappa shape index (κ3) is 3.74. The van der Waals surface area contributed by atoms with E-state index in [1.54, 1.807) is 6.21 Å². The summed E-state index contributed by atoms with van der Waals surface area (Å²) in [6, 6.07) is 5.49. The minimum Gasteiger partial charge on any atom is -0.351 e. The van der Waals surface area contributed by atoms with Gasteiger partial charge in [0.2, 0.25) is 5.82 Å². The summed E-state index contributed by atoms with van der Waals surface area (Å²) in [5.74, 6) is 0.139. The van der Waals surface area contributed by atoms with E-state index >= 15 is 0 Å². The summed E-state index contributed by atoms with van der Waals surface area (Å²) in [7, 11) is 0. The van der Waals surface area contributed by atoms with E-state index in [1.807, 2.05) is 6.07 Å². The zero-order chi connectivity index (χ0) is 16.1. The molecule has 0 aromatic carbocycles. The second-order valence-electron chi connectivity index (χ2n) is 5.68. The Morgan fingerprint density at radius 2 is 2.17 bits per heavy atom. The number of nitrogens with one attached hydrogen (secondary N) is 1. The first-order valence-electron chi connectivity index (χ1n) is 7.80. The van der Waals surface area contributed by atoms with Gasteiger partial charge in [-0.3, -0.25) is 15.5 Å². The third-order valence-electron chi connectivity index (χ3n) is 4.10. The van der Waals surface area contributed by atoms with Crippen LogP contribution in [0.4, 0.5) is 11.5 Å². The SMILES string of the molecule is O=[N+]([O-])c1cccnc1N/N=C\c1ccn(C2CCCCC2)c1. The van der Waals surface area contributed by atoms with Gasteiger partial charge in [-0.05, 0) is 25.0 Å². The number of nitro groups is 1. The van der Waals surface area contributed by atoms with Gasteiger partial charge in [0.15, 0.2) is 0 Å². The molecule has 1 N–H and O–H groups in total. The van der Waals surface area contributed by atoms with E-state index in [0.717, 1.165) is 5.56 Å². The number of aromatic nitrogens is 2. The van der Waals surface area contributed by atoms with Crippen LogP contribution in [0.3, 0.4) is 0 Å². The first kappa shape index (κ1) is 15.2. The maximum absolute atomic E-state index is 10.9. The molecule has 1 saturated carbocycles. The van der Waals surface area contributed by atoms with E-state index < -0.39 is 4.92 Å². The summed E-state index contributed by atoms with van der Waals surface area (Å²) < 4.78 is 2.24. The molecule has 0 bridgehead atoms. The van der Waals surface area contributed by atoms with Crippen LogP contribution >= 0.6 is 0 Å². The second-order valence-corrected chi connectivity index (χ2v) is 5.68. The van der Waals surface area contributed by atoms with Crippen LogP contribution in [-0.2, 0) is 0 Å². The van der Waals surface area contributed by atoms with Crippen molar-refractivity contribution in [2.24, 2.45) is 5.10 Å². The fourth-order valence-electron chi connectivity index (χ4n) is 2.91. The molecule has 1 fully saturated rings. The average molecular weight is 313 g/mol. The molecule has 0 saturated heterocycles. The molecule has 0 atom stereocenters. The summed E-state index contributed by atoms with van der Waals surface area (Å²) in [6.07, 6.45) is 13.6. The van der Waals surface area contributed by atoms with Crippen LogP contribution in [-0.4, -0.2) is 20.7 Å². The van der Waals surface area contributed by atoms with E-state index in [9.17, 15) is 10.1 Å². The normalized spacial score (nSPS) is 15.8. The molecule has 0 radical (unpaired) electrons. The molecule has 2 aromatic heterocycles. The molecule has 2 aromatic rings. The highest BCUT2D eigenvalue weighted by atomic mass is 16.6. The first-order chi connectivity index (χ1) is 11.2. The number of pyridine rings is 1. The zero-order valence-corrected chi connectivity index (χ0v) is 12.8. The van der Waals surface area contributed by atoms with Crippen molar-refractivity contribution in [3.8, 4) is 0 Å². The van der Waals surface area contributed by atoms with Gasteiger partial charge in [0.1, 0.15) is 0 Å². The van der Waals surface area contributed by atoms with E-state index in [0.29, 0.717) is 6.04 Å². The van der Waals surface area contributed by atoms with Crippen molar-refractivity contribution in [1.29, 1.82) is 0 Å². The van der Waals surface area contributed by atoms with Crippen LogP contribution in [0, 0.1) is 10.1 Å². The van der Waals surface area contributed by atoms with Gasteiger partial charge in [-0.15, -0.1) is 0 Å². The van der Waals surface area contributed by atoms with Gasteiger partial charge in [0, 0.05) is 36.3 Å². The molecule has 0 amide bonds. The monoisotopic (exact) mass is 313 g/mol. The molecule has 1 aliphatic carbocycles. The highest BCUT2D eigenvalue weighted by Crippen LogP contribution is 2.28. The van der Waals surface area contributed by atoms with Gasteiger partial charge in [0.05, 0.1) is 11.1 Å². The van der Waals surface area contributed by atoms with Crippen LogP contribution in [0.5, 0.6) is 0 Å². The summed E-state index contributed by atoms with van der Waals surface area (Å²) in [4.78, 5) is 14.4. The Hall–Kier alpha value is -2.70. The quantitative estimate of drug-likeness (QED) is 0.517. The molecule has 0 aliphatic heterocycles. The van der Waals surface area contributed by atoms with Gasteiger partial charge >= 0.3 is 5.69 Å². The molecular formula is C16H19N5O2. The molecule has 0 spiro atoms. The molecule has 3 rings (SSSR count). The number of hydrogen-bond acceptors (Lipinski definition) is 5. The summed E-state index contributed by atoms with van der Waals surface area (Å²) in [5, 5.41) is 15.0. The van der Waals surface area contributed by atoms with E-state index in [-0.39, 0.29) is 11.5 Å². The van der Waals surface area contributed by atoms with Crippen molar-refractivity contribution in [2.45, 2.75) is 38.1 Å². The van der Waals surface area contributed by atoms with Crippen molar-refractivity contribution in [2.75, 3.05) is 5.43 Å². The second kappa shape index (κ2) is 7.04. The summed E-state index contributed by atoms with van der Waals surface area (Å²) >= 11 is 0. The van der Waals surface area contributed by atoms with E-state index in [4.69, 9.17) is 0 Å². The molecule has 7 nitrogen and oxygen atoms in total. The van der Waals surface area contributed by atoms with Gasteiger partial charge in [-0.1, -0.05) is 19.3 Å². The van der Waals surface area contributed by atoms with Crippen LogP contribution in [0.1, 0.15) is 43.7 Å². The van der Waals surface area contributed by atoms with Crippen molar-refractivity contribution in [1.82, 2.24) is 9.55 Å². The van der Waals surface area contributed by atoms with Gasteiger partial charge in [-0.25, -0.2) is 4.98 Å². The highest BCUT2D eigenvalue weighted by Gasteiger charge is 2.15. The highest BCUT2D eigenvalue weighted by molar-refractivity contribution is 5.80. The number of hydrogen-bond donors (Lipinski definition) is 1. The lowest BCUT2D eigenvalue weighted by molar-refractivity contribution is -0.384. The Balaban J connectivity index is 1.65. The molecule has 1 aliphatic rings. The molecule has 23 heavy (non-hydrogen) atoms. The lowest BCUT2D eigenvalue weighted by atomic mass is 9.95. The Labute approximate surface area is 134 Å². The van der Waals surface area contributed by atoms with Crippen LogP contribution in [0.2, 0.25) is 0 Å². The smallest absolute Gasteiger partial charge is 0.313 e. The minimum atomic E-state index is -0.482. The summed E-state index contributed by atoms with van der Waals surface area (Å²) in [5.41, 5.74) is 3.51. The predicted molar refractivity (Wildman–Crippen MR) is 88.7 cm³/mol. The lowest BCUT2D eigenvalue weighted by Gasteiger charge is -2.23. The van der Waals surface area contributed by atoms with Crippen LogP contribution < -0.4 is 5.43 Å².